The van der Waals surface area contributed by atoms with Gasteiger partial charge >= 0.3 is 0 Å². The molecule has 0 spiro atoms. The lowest BCUT2D eigenvalue weighted by molar-refractivity contribution is -0.160. The molecule has 0 amide bonds. The molecule has 3 atom stereocenters. The largest absolute Gasteiger partial charge is 0.394 e. The molecule has 17 heavy (non-hydrogen) atoms. The van der Waals surface area contributed by atoms with Gasteiger partial charge in [0.05, 0.1) is 13.2 Å². The third-order valence-electron chi connectivity index (χ3n) is 2.71. The number of unbranched alkanes of at least 4 members (excludes halogenated alkanes) is 1. The van der Waals surface area contributed by atoms with E-state index in [2.05, 4.69) is 6.92 Å². The van der Waals surface area contributed by atoms with Crippen LogP contribution in [0.5, 0.6) is 0 Å². The molecule has 102 valence electrons. The van der Waals surface area contributed by atoms with E-state index < -0.39 is 24.1 Å². The number of aliphatic hydroxyl groups excluding tert-OH is 2. The summed E-state index contributed by atoms with van der Waals surface area (Å²) in [5, 5.41) is 19.1. The molecule has 5 heteroatoms. The highest BCUT2D eigenvalue weighted by Crippen LogP contribution is 2.29. The summed E-state index contributed by atoms with van der Waals surface area (Å²) in [5.74, 6) is -0.761. The average molecular weight is 248 g/mol. The van der Waals surface area contributed by atoms with Crippen LogP contribution in [0.3, 0.4) is 0 Å². The van der Waals surface area contributed by atoms with E-state index in [1.807, 2.05) is 0 Å². The van der Waals surface area contributed by atoms with Crippen LogP contribution in [0, 0.1) is 0 Å². The number of hydrogen-bond donors (Lipinski definition) is 2. The normalized spacial score (nSPS) is 29.5. The molecular formula is C12H24O5. The van der Waals surface area contributed by atoms with Crippen molar-refractivity contribution < 1.29 is 24.4 Å². The number of ether oxygens (including phenoxy) is 3. The highest BCUT2D eigenvalue weighted by molar-refractivity contribution is 4.86. The Hall–Kier alpha value is -0.200. The van der Waals surface area contributed by atoms with Gasteiger partial charge in [-0.05, 0) is 20.3 Å². The molecule has 0 unspecified atom stereocenters. The van der Waals surface area contributed by atoms with E-state index in [0.29, 0.717) is 6.61 Å². The lowest BCUT2D eigenvalue weighted by Gasteiger charge is -2.21. The minimum Gasteiger partial charge on any atom is -0.394 e. The molecule has 1 aliphatic rings. The van der Waals surface area contributed by atoms with Gasteiger partial charge < -0.3 is 24.4 Å². The van der Waals surface area contributed by atoms with Crippen LogP contribution in [0.1, 0.15) is 33.6 Å². The monoisotopic (exact) mass is 248 g/mol. The summed E-state index contributed by atoms with van der Waals surface area (Å²) in [7, 11) is 0. The van der Waals surface area contributed by atoms with Crippen molar-refractivity contribution in [1.82, 2.24) is 0 Å². The molecule has 1 fully saturated rings. The SMILES string of the molecule is CCCCOC[C@H](O)[C@H]1OC(C)(C)O[C@H]1CO. The molecule has 0 saturated carbocycles. The van der Waals surface area contributed by atoms with E-state index in [1.54, 1.807) is 13.8 Å². The van der Waals surface area contributed by atoms with Crippen LogP contribution < -0.4 is 0 Å². The molecule has 0 aromatic heterocycles. The van der Waals surface area contributed by atoms with Gasteiger partial charge in [0.25, 0.3) is 0 Å². The van der Waals surface area contributed by atoms with E-state index in [4.69, 9.17) is 14.2 Å². The molecule has 1 aliphatic heterocycles. The van der Waals surface area contributed by atoms with Crippen LogP contribution in [0.2, 0.25) is 0 Å². The lowest BCUT2D eigenvalue weighted by atomic mass is 10.1. The van der Waals surface area contributed by atoms with Gasteiger partial charge in [0.15, 0.2) is 5.79 Å². The molecule has 1 heterocycles. The van der Waals surface area contributed by atoms with Gasteiger partial charge in [-0.2, -0.15) is 0 Å². The zero-order chi connectivity index (χ0) is 12.9. The standard InChI is InChI=1S/C12H24O5/c1-4-5-6-15-8-9(14)11-10(7-13)16-12(2,3)17-11/h9-11,13-14H,4-8H2,1-3H3/t9-,10-,11+/m0/s1. The van der Waals surface area contributed by atoms with Crippen LogP contribution >= 0.6 is 0 Å². The second-order valence-corrected chi connectivity index (χ2v) is 4.82. The van der Waals surface area contributed by atoms with Gasteiger partial charge in [-0.1, -0.05) is 13.3 Å². The van der Waals surface area contributed by atoms with Crippen molar-refractivity contribution >= 4 is 0 Å². The van der Waals surface area contributed by atoms with E-state index in [0.717, 1.165) is 12.8 Å². The minimum absolute atomic E-state index is 0.167. The lowest BCUT2D eigenvalue weighted by Crippen LogP contribution is -2.40. The third kappa shape index (κ3) is 4.52. The van der Waals surface area contributed by atoms with Gasteiger partial charge in [-0.15, -0.1) is 0 Å². The predicted octanol–water partition coefficient (Wildman–Crippen LogP) is 0.676. The summed E-state index contributed by atoms with van der Waals surface area (Å²) in [5.41, 5.74) is 0. The van der Waals surface area contributed by atoms with E-state index in [1.165, 1.54) is 0 Å². The van der Waals surface area contributed by atoms with Gasteiger partial charge in [0.1, 0.15) is 18.3 Å². The molecule has 1 rings (SSSR count). The van der Waals surface area contributed by atoms with Crippen LogP contribution in [-0.2, 0) is 14.2 Å². The van der Waals surface area contributed by atoms with Crippen molar-refractivity contribution in [2.24, 2.45) is 0 Å². The molecule has 1 saturated heterocycles. The molecule has 0 aliphatic carbocycles. The van der Waals surface area contributed by atoms with Crippen molar-refractivity contribution in [1.29, 1.82) is 0 Å². The minimum atomic E-state index is -0.772. The molecule has 5 nitrogen and oxygen atoms in total. The Kier molecular flexibility index (Phi) is 5.82. The maximum absolute atomic E-state index is 9.94. The maximum atomic E-state index is 9.94. The van der Waals surface area contributed by atoms with Crippen LogP contribution in [0.4, 0.5) is 0 Å². The molecule has 0 aromatic carbocycles. The second kappa shape index (κ2) is 6.66. The summed E-state index contributed by atoms with van der Waals surface area (Å²) >= 11 is 0. The molecule has 0 bridgehead atoms. The Morgan fingerprint density at radius 2 is 2.06 bits per heavy atom. The summed E-state index contributed by atoms with van der Waals surface area (Å²) in [6, 6.07) is 0. The van der Waals surface area contributed by atoms with E-state index in [-0.39, 0.29) is 13.2 Å². The Bertz CT molecular complexity index is 219. The Balaban J connectivity index is 2.37. The average Bonchev–Trinajstić information content (AvgIpc) is 2.60. The topological polar surface area (TPSA) is 68.2 Å². The van der Waals surface area contributed by atoms with Crippen LogP contribution in [0.15, 0.2) is 0 Å². The first-order chi connectivity index (χ1) is 8.00. The van der Waals surface area contributed by atoms with E-state index in [9.17, 15) is 10.2 Å². The summed E-state index contributed by atoms with van der Waals surface area (Å²) in [6.07, 6.45) is 0.243. The van der Waals surface area contributed by atoms with Gasteiger partial charge in [0.2, 0.25) is 0 Å². The zero-order valence-electron chi connectivity index (χ0n) is 10.9. The van der Waals surface area contributed by atoms with Crippen LogP contribution in [-0.4, -0.2) is 54.1 Å². The fourth-order valence-corrected chi connectivity index (χ4v) is 1.88. The van der Waals surface area contributed by atoms with Crippen molar-refractivity contribution in [3.63, 3.8) is 0 Å². The third-order valence-corrected chi connectivity index (χ3v) is 2.71. The van der Waals surface area contributed by atoms with E-state index >= 15 is 0 Å². The first-order valence-electron chi connectivity index (χ1n) is 6.22. The smallest absolute Gasteiger partial charge is 0.164 e. The maximum Gasteiger partial charge on any atom is 0.164 e. The van der Waals surface area contributed by atoms with Gasteiger partial charge in [-0.25, -0.2) is 0 Å². The van der Waals surface area contributed by atoms with Crippen LogP contribution in [0.25, 0.3) is 0 Å². The molecule has 2 N–H and O–H groups in total. The summed E-state index contributed by atoms with van der Waals surface area (Å²) in [6.45, 7) is 6.29. The van der Waals surface area contributed by atoms with Gasteiger partial charge in [0, 0.05) is 6.61 Å². The predicted molar refractivity (Wildman–Crippen MR) is 62.6 cm³/mol. The molecule has 0 aromatic rings. The Morgan fingerprint density at radius 1 is 1.35 bits per heavy atom. The van der Waals surface area contributed by atoms with Crippen molar-refractivity contribution in [2.45, 2.75) is 57.7 Å². The second-order valence-electron chi connectivity index (χ2n) is 4.82. The number of rotatable bonds is 7. The summed E-state index contributed by atoms with van der Waals surface area (Å²) in [4.78, 5) is 0. The molecule has 0 radical (unpaired) electrons. The number of hydrogen-bond acceptors (Lipinski definition) is 5. The highest BCUT2D eigenvalue weighted by Gasteiger charge is 2.44. The highest BCUT2D eigenvalue weighted by atomic mass is 16.8. The number of aliphatic hydroxyl groups is 2. The Morgan fingerprint density at radius 3 is 2.65 bits per heavy atom. The van der Waals surface area contributed by atoms with Crippen molar-refractivity contribution in [3.8, 4) is 0 Å². The van der Waals surface area contributed by atoms with Gasteiger partial charge in [-0.3, -0.25) is 0 Å². The fourth-order valence-electron chi connectivity index (χ4n) is 1.88. The first-order valence-corrected chi connectivity index (χ1v) is 6.22. The van der Waals surface area contributed by atoms with Crippen molar-refractivity contribution in [2.75, 3.05) is 19.8 Å². The summed E-state index contributed by atoms with van der Waals surface area (Å²) < 4.78 is 16.4. The van der Waals surface area contributed by atoms with Crippen molar-refractivity contribution in [3.05, 3.63) is 0 Å². The fraction of sp³-hybridized carbons (Fsp3) is 1.00. The first kappa shape index (κ1) is 14.9. The quantitative estimate of drug-likeness (QED) is 0.648. The molecular weight excluding hydrogens is 224 g/mol. The Labute approximate surface area is 103 Å². The zero-order valence-corrected chi connectivity index (χ0v) is 10.9.